The number of hydrogen-bond donors (Lipinski definition) is 1. The van der Waals surface area contributed by atoms with Gasteiger partial charge < -0.3 is 14.8 Å². The molecule has 1 aliphatic heterocycles. The van der Waals surface area contributed by atoms with E-state index in [0.717, 1.165) is 38.9 Å². The van der Waals surface area contributed by atoms with Crippen molar-refractivity contribution in [2.45, 2.75) is 18.9 Å². The Morgan fingerprint density at radius 3 is 3.15 bits per heavy atom. The van der Waals surface area contributed by atoms with E-state index in [0.29, 0.717) is 6.04 Å². The second-order valence-electron chi connectivity index (χ2n) is 5.62. The molecule has 1 N–H and O–H groups in total. The summed E-state index contributed by atoms with van der Waals surface area (Å²) < 4.78 is 0. The van der Waals surface area contributed by atoms with Crippen LogP contribution in [0.15, 0.2) is 30.5 Å². The number of fused-ring (bicyclic) bond motifs is 1. The van der Waals surface area contributed by atoms with Crippen molar-refractivity contribution in [3.63, 3.8) is 0 Å². The summed E-state index contributed by atoms with van der Waals surface area (Å²) in [4.78, 5) is 18.4. The van der Waals surface area contributed by atoms with Gasteiger partial charge in [-0.05, 0) is 24.5 Å². The molecule has 0 radical (unpaired) electrons. The largest absolute Gasteiger partial charge is 0.361 e. The maximum atomic E-state index is 10.8. The number of nitrogens with one attached hydrogen (secondary N) is 1. The first-order valence-corrected chi connectivity index (χ1v) is 7.22. The summed E-state index contributed by atoms with van der Waals surface area (Å²) in [5.74, 6) is 0. The van der Waals surface area contributed by atoms with Crippen molar-refractivity contribution in [2.24, 2.45) is 0 Å². The van der Waals surface area contributed by atoms with Crippen LogP contribution >= 0.6 is 0 Å². The van der Waals surface area contributed by atoms with Crippen molar-refractivity contribution in [1.82, 2.24) is 14.8 Å². The first-order valence-electron chi connectivity index (χ1n) is 7.22. The fourth-order valence-electron chi connectivity index (χ4n) is 3.05. The van der Waals surface area contributed by atoms with Gasteiger partial charge >= 0.3 is 0 Å². The number of H-pyrrole nitrogens is 1. The molecule has 4 nitrogen and oxygen atoms in total. The maximum Gasteiger partial charge on any atom is 0.209 e. The van der Waals surface area contributed by atoms with Crippen LogP contribution in [0.2, 0.25) is 0 Å². The molecule has 3 rings (SSSR count). The number of rotatable bonds is 5. The SMILES string of the molecule is CN(C=O)C1CCN(CCc2c[nH]c3ccccc23)C1. The van der Waals surface area contributed by atoms with Gasteiger partial charge in [-0.3, -0.25) is 4.79 Å². The molecule has 1 atom stereocenters. The highest BCUT2D eigenvalue weighted by atomic mass is 16.1. The molecule has 4 heteroatoms. The summed E-state index contributed by atoms with van der Waals surface area (Å²) in [5.41, 5.74) is 2.59. The third-order valence-corrected chi connectivity index (χ3v) is 4.36. The van der Waals surface area contributed by atoms with E-state index in [9.17, 15) is 4.79 Å². The number of benzene rings is 1. The highest BCUT2D eigenvalue weighted by Gasteiger charge is 2.24. The van der Waals surface area contributed by atoms with Crippen molar-refractivity contribution in [1.29, 1.82) is 0 Å². The number of amides is 1. The third kappa shape index (κ3) is 2.56. The van der Waals surface area contributed by atoms with Gasteiger partial charge in [-0.1, -0.05) is 18.2 Å². The average Bonchev–Trinajstić information content (AvgIpc) is 3.11. The Morgan fingerprint density at radius 2 is 2.30 bits per heavy atom. The first kappa shape index (κ1) is 13.2. The van der Waals surface area contributed by atoms with Crippen LogP contribution in [0, 0.1) is 0 Å². The summed E-state index contributed by atoms with van der Waals surface area (Å²) in [7, 11) is 1.88. The molecule has 0 aliphatic carbocycles. The van der Waals surface area contributed by atoms with Crippen molar-refractivity contribution in [2.75, 3.05) is 26.7 Å². The molecule has 1 fully saturated rings. The van der Waals surface area contributed by atoms with Gasteiger partial charge in [-0.2, -0.15) is 0 Å². The van der Waals surface area contributed by atoms with E-state index in [1.165, 1.54) is 16.5 Å². The lowest BCUT2D eigenvalue weighted by atomic mass is 10.1. The molecular formula is C16H21N3O. The lowest BCUT2D eigenvalue weighted by Gasteiger charge is -2.20. The van der Waals surface area contributed by atoms with Crippen LogP contribution in [-0.4, -0.2) is 53.9 Å². The van der Waals surface area contributed by atoms with Crippen molar-refractivity contribution < 1.29 is 4.79 Å². The molecule has 1 aromatic carbocycles. The van der Waals surface area contributed by atoms with Gasteiger partial charge in [0.25, 0.3) is 0 Å². The van der Waals surface area contributed by atoms with Crippen LogP contribution < -0.4 is 0 Å². The van der Waals surface area contributed by atoms with E-state index in [1.54, 1.807) is 4.90 Å². The summed E-state index contributed by atoms with van der Waals surface area (Å²) in [6.07, 6.45) is 5.20. The molecule has 2 heterocycles. The van der Waals surface area contributed by atoms with E-state index in [4.69, 9.17) is 0 Å². The minimum Gasteiger partial charge on any atom is -0.361 e. The van der Waals surface area contributed by atoms with Gasteiger partial charge in [-0.15, -0.1) is 0 Å². The Balaban J connectivity index is 1.59. The molecule has 20 heavy (non-hydrogen) atoms. The highest BCUT2D eigenvalue weighted by Crippen LogP contribution is 2.19. The number of carbonyl (C=O) groups excluding carboxylic acids is 1. The van der Waals surface area contributed by atoms with Crippen LogP contribution in [0.4, 0.5) is 0 Å². The van der Waals surface area contributed by atoms with Crippen molar-refractivity contribution >= 4 is 17.3 Å². The zero-order valence-corrected chi connectivity index (χ0v) is 11.9. The summed E-state index contributed by atoms with van der Waals surface area (Å²) in [6, 6.07) is 8.82. The normalized spacial score (nSPS) is 19.6. The zero-order valence-electron chi connectivity index (χ0n) is 11.9. The number of aromatic amines is 1. The number of hydrogen-bond acceptors (Lipinski definition) is 2. The molecular weight excluding hydrogens is 250 g/mol. The quantitative estimate of drug-likeness (QED) is 0.843. The lowest BCUT2D eigenvalue weighted by Crippen LogP contribution is -2.34. The Labute approximate surface area is 119 Å². The molecule has 1 unspecified atom stereocenters. The molecule has 1 saturated heterocycles. The molecule has 1 aliphatic rings. The predicted molar refractivity (Wildman–Crippen MR) is 80.7 cm³/mol. The lowest BCUT2D eigenvalue weighted by molar-refractivity contribution is -0.118. The van der Waals surface area contributed by atoms with Crippen LogP contribution in [0.1, 0.15) is 12.0 Å². The second kappa shape index (κ2) is 5.67. The number of likely N-dealkylation sites (N-methyl/N-ethyl adjacent to an activating group) is 1. The number of likely N-dealkylation sites (tertiary alicyclic amines) is 1. The monoisotopic (exact) mass is 271 g/mol. The Kier molecular flexibility index (Phi) is 3.74. The summed E-state index contributed by atoms with van der Waals surface area (Å²) in [5, 5.41) is 1.33. The molecule has 0 saturated carbocycles. The average molecular weight is 271 g/mol. The smallest absolute Gasteiger partial charge is 0.209 e. The molecule has 2 aromatic rings. The van der Waals surface area contributed by atoms with Crippen LogP contribution in [0.3, 0.4) is 0 Å². The molecule has 106 valence electrons. The van der Waals surface area contributed by atoms with Crippen molar-refractivity contribution in [3.05, 3.63) is 36.0 Å². The molecule has 0 bridgehead atoms. The van der Waals surface area contributed by atoms with Gasteiger partial charge in [0, 0.05) is 49.8 Å². The highest BCUT2D eigenvalue weighted by molar-refractivity contribution is 5.83. The fraction of sp³-hybridized carbons (Fsp3) is 0.438. The second-order valence-corrected chi connectivity index (χ2v) is 5.62. The minimum atomic E-state index is 0.385. The minimum absolute atomic E-state index is 0.385. The zero-order chi connectivity index (χ0) is 13.9. The molecule has 0 spiro atoms. The number of aromatic nitrogens is 1. The maximum absolute atomic E-state index is 10.8. The van der Waals surface area contributed by atoms with Gasteiger partial charge in [0.15, 0.2) is 0 Å². The van der Waals surface area contributed by atoms with Gasteiger partial charge in [0.05, 0.1) is 0 Å². The Bertz CT molecular complexity index is 592. The number of nitrogens with zero attached hydrogens (tertiary/aromatic N) is 2. The van der Waals surface area contributed by atoms with Crippen LogP contribution in [0.5, 0.6) is 0 Å². The van der Waals surface area contributed by atoms with E-state index < -0.39 is 0 Å². The first-order chi connectivity index (χ1) is 9.78. The molecule has 1 amide bonds. The third-order valence-electron chi connectivity index (χ3n) is 4.36. The van der Waals surface area contributed by atoms with Gasteiger partial charge in [0.2, 0.25) is 6.41 Å². The topological polar surface area (TPSA) is 39.3 Å². The molecule has 1 aromatic heterocycles. The van der Waals surface area contributed by atoms with Crippen LogP contribution in [-0.2, 0) is 11.2 Å². The standard InChI is InChI=1S/C16H21N3O/c1-18(12-20)14-7-9-19(11-14)8-6-13-10-17-16-5-3-2-4-15(13)16/h2-5,10,12,14,17H,6-9,11H2,1H3. The van der Waals surface area contributed by atoms with Crippen LogP contribution in [0.25, 0.3) is 10.9 Å². The number of carbonyl (C=O) groups is 1. The van der Waals surface area contributed by atoms with E-state index in [-0.39, 0.29) is 0 Å². The van der Waals surface area contributed by atoms with Gasteiger partial charge in [0.1, 0.15) is 0 Å². The Morgan fingerprint density at radius 1 is 1.45 bits per heavy atom. The number of para-hydroxylation sites is 1. The summed E-state index contributed by atoms with van der Waals surface area (Å²) in [6.45, 7) is 3.15. The van der Waals surface area contributed by atoms with E-state index in [1.807, 2.05) is 7.05 Å². The van der Waals surface area contributed by atoms with Gasteiger partial charge in [-0.25, -0.2) is 0 Å². The predicted octanol–water partition coefficient (Wildman–Crippen LogP) is 1.87. The fourth-order valence-corrected chi connectivity index (χ4v) is 3.05. The van der Waals surface area contributed by atoms with E-state index in [2.05, 4.69) is 40.3 Å². The van der Waals surface area contributed by atoms with Crippen molar-refractivity contribution in [3.8, 4) is 0 Å². The summed E-state index contributed by atoms with van der Waals surface area (Å²) >= 11 is 0. The van der Waals surface area contributed by atoms with E-state index >= 15 is 0 Å². The Hall–Kier alpha value is -1.81.